The Bertz CT molecular complexity index is 381. The lowest BCUT2D eigenvalue weighted by atomic mass is 9.83. The number of fused-ring (bicyclic) bond motifs is 1. The van der Waals surface area contributed by atoms with Gasteiger partial charge in [0.25, 0.3) is 0 Å². The van der Waals surface area contributed by atoms with Gasteiger partial charge in [0, 0.05) is 0 Å². The minimum absolute atomic E-state index is 0.895. The van der Waals surface area contributed by atoms with Crippen LogP contribution in [-0.4, -0.2) is 0 Å². The molecule has 0 atom stereocenters. The summed E-state index contributed by atoms with van der Waals surface area (Å²) in [4.78, 5) is 0. The molecule has 0 heteroatoms. The maximum absolute atomic E-state index is 2.45. The molecule has 1 aromatic carbocycles. The Kier molecular flexibility index (Phi) is 2.36. The normalized spacial score (nSPS) is 21.2. The second-order valence-corrected chi connectivity index (χ2v) is 4.93. The third kappa shape index (κ3) is 1.73. The zero-order valence-corrected chi connectivity index (χ0v) is 9.21. The van der Waals surface area contributed by atoms with E-state index in [4.69, 9.17) is 0 Å². The Labute approximate surface area is 92.0 Å². The van der Waals surface area contributed by atoms with Crippen LogP contribution in [0.15, 0.2) is 29.8 Å². The van der Waals surface area contributed by atoms with Gasteiger partial charge in [-0.1, -0.05) is 55.2 Å². The largest absolute Gasteiger partial charge is 0.0621 e. The first-order valence-electron chi connectivity index (χ1n) is 6.22. The van der Waals surface area contributed by atoms with Gasteiger partial charge in [-0.3, -0.25) is 0 Å². The fraction of sp³-hybridized carbons (Fsp3) is 0.467. The van der Waals surface area contributed by atoms with Crippen LogP contribution in [0.25, 0.3) is 6.08 Å². The summed E-state index contributed by atoms with van der Waals surface area (Å²) in [6.45, 7) is 0. The first-order valence-corrected chi connectivity index (χ1v) is 6.22. The molecule has 0 nitrogen and oxygen atoms in total. The van der Waals surface area contributed by atoms with E-state index in [9.17, 15) is 0 Å². The van der Waals surface area contributed by atoms with Gasteiger partial charge in [0.05, 0.1) is 0 Å². The zero-order chi connectivity index (χ0) is 10.1. The third-order valence-electron chi connectivity index (χ3n) is 3.92. The molecule has 0 heterocycles. The topological polar surface area (TPSA) is 0 Å². The van der Waals surface area contributed by atoms with E-state index in [1.54, 1.807) is 5.57 Å². The summed E-state index contributed by atoms with van der Waals surface area (Å²) >= 11 is 0. The standard InChI is InChI=1S/C15H18/c1-2-6-12(7-3-1)15-10-13-8-4-5-9-14(13)11-15/h4-5,8-10,12H,1-3,6-7,11H2. The van der Waals surface area contributed by atoms with Crippen LogP contribution in [0.3, 0.4) is 0 Å². The number of benzene rings is 1. The van der Waals surface area contributed by atoms with Gasteiger partial charge in [0.2, 0.25) is 0 Å². The highest BCUT2D eigenvalue weighted by Gasteiger charge is 2.21. The van der Waals surface area contributed by atoms with Crippen molar-refractivity contribution in [2.45, 2.75) is 38.5 Å². The highest BCUT2D eigenvalue weighted by atomic mass is 14.3. The molecule has 2 aliphatic carbocycles. The van der Waals surface area contributed by atoms with Crippen LogP contribution in [0, 0.1) is 5.92 Å². The average molecular weight is 198 g/mol. The van der Waals surface area contributed by atoms with Crippen molar-refractivity contribution in [3.8, 4) is 0 Å². The molecule has 0 aliphatic heterocycles. The van der Waals surface area contributed by atoms with Gasteiger partial charge in [0.1, 0.15) is 0 Å². The molecular weight excluding hydrogens is 180 g/mol. The van der Waals surface area contributed by atoms with E-state index in [-0.39, 0.29) is 0 Å². The van der Waals surface area contributed by atoms with Crippen molar-refractivity contribution in [2.24, 2.45) is 5.92 Å². The van der Waals surface area contributed by atoms with E-state index in [1.807, 2.05) is 0 Å². The van der Waals surface area contributed by atoms with Crippen LogP contribution in [0.2, 0.25) is 0 Å². The predicted octanol–water partition coefficient (Wildman–Crippen LogP) is 4.21. The van der Waals surface area contributed by atoms with Gasteiger partial charge in [-0.25, -0.2) is 0 Å². The van der Waals surface area contributed by atoms with Crippen molar-refractivity contribution in [3.05, 3.63) is 41.0 Å². The molecule has 0 amide bonds. The highest BCUT2D eigenvalue weighted by Crippen LogP contribution is 2.36. The summed E-state index contributed by atoms with van der Waals surface area (Å²) in [5.74, 6) is 0.895. The van der Waals surface area contributed by atoms with Gasteiger partial charge in [-0.15, -0.1) is 0 Å². The molecule has 0 bridgehead atoms. The van der Waals surface area contributed by atoms with Crippen molar-refractivity contribution in [1.29, 1.82) is 0 Å². The summed E-state index contributed by atoms with van der Waals surface area (Å²) in [5.41, 5.74) is 4.71. The minimum Gasteiger partial charge on any atom is -0.0621 e. The van der Waals surface area contributed by atoms with Crippen molar-refractivity contribution in [3.63, 3.8) is 0 Å². The zero-order valence-electron chi connectivity index (χ0n) is 9.21. The Morgan fingerprint density at radius 2 is 1.73 bits per heavy atom. The maximum Gasteiger partial charge on any atom is -0.00551 e. The molecule has 3 rings (SSSR count). The van der Waals surface area contributed by atoms with Gasteiger partial charge in [-0.2, -0.15) is 0 Å². The van der Waals surface area contributed by atoms with Crippen LogP contribution in [0.5, 0.6) is 0 Å². The van der Waals surface area contributed by atoms with E-state index < -0.39 is 0 Å². The van der Waals surface area contributed by atoms with Crippen LogP contribution in [0.4, 0.5) is 0 Å². The number of allylic oxidation sites excluding steroid dienone is 1. The van der Waals surface area contributed by atoms with E-state index in [0.717, 1.165) is 5.92 Å². The smallest absolute Gasteiger partial charge is 0.00551 e. The lowest BCUT2D eigenvalue weighted by Crippen LogP contribution is -2.08. The first kappa shape index (κ1) is 9.21. The average Bonchev–Trinajstić information content (AvgIpc) is 2.74. The number of hydrogen-bond acceptors (Lipinski definition) is 0. The second-order valence-electron chi connectivity index (χ2n) is 4.93. The molecule has 15 heavy (non-hydrogen) atoms. The van der Waals surface area contributed by atoms with E-state index >= 15 is 0 Å². The molecular formula is C15H18. The molecule has 0 aromatic heterocycles. The summed E-state index contributed by atoms with van der Waals surface area (Å²) < 4.78 is 0. The lowest BCUT2D eigenvalue weighted by molar-refractivity contribution is 0.401. The number of rotatable bonds is 1. The van der Waals surface area contributed by atoms with E-state index in [0.29, 0.717) is 0 Å². The molecule has 0 saturated heterocycles. The maximum atomic E-state index is 2.45. The molecule has 0 N–H and O–H groups in total. The fourth-order valence-corrected chi connectivity index (χ4v) is 3.04. The summed E-state index contributed by atoms with van der Waals surface area (Å²) in [6.07, 6.45) is 10.9. The molecule has 1 aromatic rings. The highest BCUT2D eigenvalue weighted by molar-refractivity contribution is 5.64. The summed E-state index contributed by atoms with van der Waals surface area (Å²) in [7, 11) is 0. The van der Waals surface area contributed by atoms with Crippen molar-refractivity contribution >= 4 is 6.08 Å². The summed E-state index contributed by atoms with van der Waals surface area (Å²) in [6, 6.07) is 8.85. The van der Waals surface area contributed by atoms with Gasteiger partial charge in [0.15, 0.2) is 0 Å². The van der Waals surface area contributed by atoms with Gasteiger partial charge >= 0.3 is 0 Å². The molecule has 0 unspecified atom stereocenters. The second kappa shape index (κ2) is 3.84. The predicted molar refractivity (Wildman–Crippen MR) is 64.7 cm³/mol. The van der Waals surface area contributed by atoms with Crippen LogP contribution in [0.1, 0.15) is 43.2 Å². The molecule has 78 valence electrons. The SMILES string of the molecule is C1=C(C2CCCCC2)Cc2ccccc21. The Morgan fingerprint density at radius 1 is 0.933 bits per heavy atom. The molecule has 1 fully saturated rings. The summed E-state index contributed by atoms with van der Waals surface area (Å²) in [5, 5.41) is 0. The van der Waals surface area contributed by atoms with Crippen LogP contribution in [-0.2, 0) is 6.42 Å². The monoisotopic (exact) mass is 198 g/mol. The van der Waals surface area contributed by atoms with E-state index in [1.165, 1.54) is 49.7 Å². The quantitative estimate of drug-likeness (QED) is 0.634. The lowest BCUT2D eigenvalue weighted by Gasteiger charge is -2.22. The fourth-order valence-electron chi connectivity index (χ4n) is 3.04. The number of hydrogen-bond donors (Lipinski definition) is 0. The van der Waals surface area contributed by atoms with Crippen molar-refractivity contribution in [2.75, 3.05) is 0 Å². The molecule has 0 radical (unpaired) electrons. The van der Waals surface area contributed by atoms with Crippen molar-refractivity contribution in [1.82, 2.24) is 0 Å². The van der Waals surface area contributed by atoms with Gasteiger partial charge < -0.3 is 0 Å². The molecule has 0 spiro atoms. The Hall–Kier alpha value is -1.04. The van der Waals surface area contributed by atoms with E-state index in [2.05, 4.69) is 30.3 Å². The first-order chi connectivity index (χ1) is 7.43. The van der Waals surface area contributed by atoms with Crippen LogP contribution >= 0.6 is 0 Å². The van der Waals surface area contributed by atoms with Gasteiger partial charge in [-0.05, 0) is 36.3 Å². The molecule has 2 aliphatic rings. The van der Waals surface area contributed by atoms with Crippen LogP contribution < -0.4 is 0 Å². The van der Waals surface area contributed by atoms with Crippen molar-refractivity contribution < 1.29 is 0 Å². The third-order valence-corrected chi connectivity index (χ3v) is 3.92. The Morgan fingerprint density at radius 3 is 2.53 bits per heavy atom. The Balaban J connectivity index is 1.81. The molecule has 1 saturated carbocycles. The minimum atomic E-state index is 0.895.